The lowest BCUT2D eigenvalue weighted by Gasteiger charge is -2.11. The maximum atomic E-state index is 12.5. The standard InChI is InChI=1S/C16H14N4O4S2/c1-20-12-5-4-11(7-10(12)8-15(20)21)26(22,23)17-9-14-18-16(19-24-14)13-3-2-6-25-13/h2-7,17H,8-9H2,1H3. The minimum absolute atomic E-state index is 0.0607. The van der Waals surface area contributed by atoms with E-state index in [1.807, 2.05) is 17.5 Å². The number of carbonyl (C=O) groups excluding carboxylic acids is 1. The van der Waals surface area contributed by atoms with E-state index in [0.29, 0.717) is 11.4 Å². The minimum atomic E-state index is -3.76. The molecular weight excluding hydrogens is 376 g/mol. The molecule has 0 radical (unpaired) electrons. The molecule has 3 aromatic rings. The summed E-state index contributed by atoms with van der Waals surface area (Å²) in [6.45, 7) is -0.114. The van der Waals surface area contributed by atoms with E-state index < -0.39 is 10.0 Å². The van der Waals surface area contributed by atoms with Crippen LogP contribution in [-0.2, 0) is 27.8 Å². The molecule has 0 fully saturated rings. The molecular formula is C16H14N4O4S2. The van der Waals surface area contributed by atoms with Crippen molar-refractivity contribution in [2.75, 3.05) is 11.9 Å². The lowest BCUT2D eigenvalue weighted by Crippen LogP contribution is -2.23. The van der Waals surface area contributed by atoms with E-state index in [2.05, 4.69) is 14.9 Å². The summed E-state index contributed by atoms with van der Waals surface area (Å²) in [4.78, 5) is 18.4. The molecule has 2 aromatic heterocycles. The Labute approximate surface area is 153 Å². The van der Waals surface area contributed by atoms with Crippen LogP contribution in [-0.4, -0.2) is 31.5 Å². The van der Waals surface area contributed by atoms with Crippen molar-refractivity contribution in [2.24, 2.45) is 0 Å². The molecule has 1 N–H and O–H groups in total. The number of sulfonamides is 1. The summed E-state index contributed by atoms with van der Waals surface area (Å²) in [6, 6.07) is 8.35. The first kappa shape index (κ1) is 16.9. The van der Waals surface area contributed by atoms with Crippen LogP contribution < -0.4 is 9.62 Å². The normalized spacial score (nSPS) is 14.0. The van der Waals surface area contributed by atoms with Crippen molar-refractivity contribution < 1.29 is 17.7 Å². The van der Waals surface area contributed by atoms with Gasteiger partial charge >= 0.3 is 0 Å². The fraction of sp³-hybridized carbons (Fsp3) is 0.188. The van der Waals surface area contributed by atoms with Crippen LogP contribution in [0.5, 0.6) is 0 Å². The molecule has 8 nitrogen and oxygen atoms in total. The van der Waals surface area contributed by atoms with Crippen molar-refractivity contribution in [1.29, 1.82) is 0 Å². The fourth-order valence-electron chi connectivity index (χ4n) is 2.69. The zero-order valence-corrected chi connectivity index (χ0v) is 15.3. The molecule has 0 saturated carbocycles. The van der Waals surface area contributed by atoms with Gasteiger partial charge in [0.1, 0.15) is 0 Å². The third-order valence-corrected chi connectivity index (χ3v) is 6.33. The molecule has 10 heteroatoms. The molecule has 0 aliphatic carbocycles. The molecule has 1 aliphatic rings. The number of fused-ring (bicyclic) bond motifs is 1. The van der Waals surface area contributed by atoms with Crippen molar-refractivity contribution in [3.8, 4) is 10.7 Å². The molecule has 0 atom stereocenters. The Morgan fingerprint density at radius 3 is 2.96 bits per heavy atom. The van der Waals surface area contributed by atoms with E-state index in [4.69, 9.17) is 4.52 Å². The SMILES string of the molecule is CN1C(=O)Cc2cc(S(=O)(=O)NCc3nc(-c4cccs4)no3)ccc21. The quantitative estimate of drug-likeness (QED) is 0.712. The van der Waals surface area contributed by atoms with Gasteiger partial charge in [-0.05, 0) is 35.2 Å². The molecule has 1 aromatic carbocycles. The largest absolute Gasteiger partial charge is 0.337 e. The van der Waals surface area contributed by atoms with E-state index in [1.54, 1.807) is 13.1 Å². The molecule has 1 amide bonds. The van der Waals surface area contributed by atoms with Gasteiger partial charge in [-0.25, -0.2) is 13.1 Å². The van der Waals surface area contributed by atoms with Crippen LogP contribution in [0.1, 0.15) is 11.5 Å². The van der Waals surface area contributed by atoms with Crippen molar-refractivity contribution in [3.63, 3.8) is 0 Å². The minimum Gasteiger partial charge on any atom is -0.337 e. The highest BCUT2D eigenvalue weighted by atomic mass is 32.2. The highest BCUT2D eigenvalue weighted by Gasteiger charge is 2.26. The van der Waals surface area contributed by atoms with Gasteiger partial charge in [-0.2, -0.15) is 4.98 Å². The third-order valence-electron chi connectivity index (χ3n) is 4.06. The van der Waals surface area contributed by atoms with Gasteiger partial charge in [-0.15, -0.1) is 11.3 Å². The monoisotopic (exact) mass is 390 g/mol. The molecule has 0 spiro atoms. The highest BCUT2D eigenvalue weighted by Crippen LogP contribution is 2.29. The van der Waals surface area contributed by atoms with E-state index in [0.717, 1.165) is 10.6 Å². The van der Waals surface area contributed by atoms with E-state index in [1.165, 1.54) is 28.4 Å². The number of thiophene rings is 1. The lowest BCUT2D eigenvalue weighted by molar-refractivity contribution is -0.117. The van der Waals surface area contributed by atoms with E-state index >= 15 is 0 Å². The predicted octanol–water partition coefficient (Wildman–Crippen LogP) is 1.80. The molecule has 4 rings (SSSR count). The molecule has 134 valence electrons. The number of benzene rings is 1. The number of hydrogen-bond acceptors (Lipinski definition) is 7. The van der Waals surface area contributed by atoms with Crippen LogP contribution >= 0.6 is 11.3 Å². The van der Waals surface area contributed by atoms with Crippen molar-refractivity contribution in [1.82, 2.24) is 14.9 Å². The summed E-state index contributed by atoms with van der Waals surface area (Å²) in [7, 11) is -2.10. The summed E-state index contributed by atoms with van der Waals surface area (Å²) in [6.07, 6.45) is 0.197. The number of likely N-dealkylation sites (N-methyl/N-ethyl adjacent to an activating group) is 1. The summed E-state index contributed by atoms with van der Waals surface area (Å²) in [5.41, 5.74) is 1.42. The van der Waals surface area contributed by atoms with E-state index in [-0.39, 0.29) is 29.7 Å². The topological polar surface area (TPSA) is 105 Å². The number of anilines is 1. The number of rotatable bonds is 5. The first-order valence-corrected chi connectivity index (χ1v) is 10.1. The summed E-state index contributed by atoms with van der Waals surface area (Å²) in [5, 5.41) is 5.74. The average Bonchev–Trinajstić information content (AvgIpc) is 3.34. The Balaban J connectivity index is 1.50. The van der Waals surface area contributed by atoms with Crippen LogP contribution in [0.15, 0.2) is 45.1 Å². The van der Waals surface area contributed by atoms with Crippen molar-refractivity contribution in [3.05, 3.63) is 47.2 Å². The third kappa shape index (κ3) is 3.02. The Morgan fingerprint density at radius 2 is 2.19 bits per heavy atom. The van der Waals surface area contributed by atoms with Gasteiger partial charge in [0, 0.05) is 12.7 Å². The Morgan fingerprint density at radius 1 is 1.35 bits per heavy atom. The lowest BCUT2D eigenvalue weighted by atomic mass is 10.2. The van der Waals surface area contributed by atoms with Crippen LogP contribution in [0.2, 0.25) is 0 Å². The maximum Gasteiger partial charge on any atom is 0.242 e. The second-order valence-electron chi connectivity index (χ2n) is 5.73. The zero-order valence-electron chi connectivity index (χ0n) is 13.7. The predicted molar refractivity (Wildman–Crippen MR) is 95.2 cm³/mol. The molecule has 1 aliphatic heterocycles. The van der Waals surface area contributed by atoms with Gasteiger partial charge < -0.3 is 9.42 Å². The molecule has 0 bridgehead atoms. The van der Waals surface area contributed by atoms with Gasteiger partial charge in [0.05, 0.1) is 22.7 Å². The molecule has 3 heterocycles. The van der Waals surface area contributed by atoms with Gasteiger partial charge in [0.15, 0.2) is 0 Å². The number of carbonyl (C=O) groups is 1. The Bertz CT molecular complexity index is 1070. The van der Waals surface area contributed by atoms with Crippen LogP contribution in [0.4, 0.5) is 5.69 Å². The summed E-state index contributed by atoms with van der Waals surface area (Å²) >= 11 is 1.47. The fourth-order valence-corrected chi connectivity index (χ4v) is 4.36. The van der Waals surface area contributed by atoms with Crippen molar-refractivity contribution in [2.45, 2.75) is 17.9 Å². The van der Waals surface area contributed by atoms with Crippen LogP contribution in [0.25, 0.3) is 10.7 Å². The number of nitrogens with one attached hydrogen (secondary N) is 1. The highest BCUT2D eigenvalue weighted by molar-refractivity contribution is 7.89. The number of aromatic nitrogens is 2. The van der Waals surface area contributed by atoms with Crippen molar-refractivity contribution >= 4 is 33.0 Å². The first-order chi connectivity index (χ1) is 12.4. The van der Waals surface area contributed by atoms with E-state index in [9.17, 15) is 13.2 Å². The molecule has 0 saturated heterocycles. The Kier molecular flexibility index (Phi) is 4.10. The summed E-state index contributed by atoms with van der Waals surface area (Å²) < 4.78 is 32.5. The Hall–Kier alpha value is -2.56. The first-order valence-electron chi connectivity index (χ1n) is 7.70. The van der Waals surface area contributed by atoms with Gasteiger partial charge in [-0.3, -0.25) is 4.79 Å². The van der Waals surface area contributed by atoms with Crippen LogP contribution in [0, 0.1) is 0 Å². The second-order valence-corrected chi connectivity index (χ2v) is 8.45. The van der Waals surface area contributed by atoms with Gasteiger partial charge in [0.25, 0.3) is 0 Å². The summed E-state index contributed by atoms with van der Waals surface area (Å²) in [5.74, 6) is 0.538. The van der Waals surface area contributed by atoms with Crippen LogP contribution in [0.3, 0.4) is 0 Å². The smallest absolute Gasteiger partial charge is 0.242 e. The van der Waals surface area contributed by atoms with Gasteiger partial charge in [-0.1, -0.05) is 11.2 Å². The molecule has 0 unspecified atom stereocenters. The van der Waals surface area contributed by atoms with Gasteiger partial charge in [0.2, 0.25) is 27.6 Å². The average molecular weight is 390 g/mol. The number of hydrogen-bond donors (Lipinski definition) is 1. The molecule has 26 heavy (non-hydrogen) atoms. The number of nitrogens with zero attached hydrogens (tertiary/aromatic N) is 3. The second kappa shape index (κ2) is 6.31. The number of amides is 1. The maximum absolute atomic E-state index is 12.5. The zero-order chi connectivity index (χ0) is 18.3.